The van der Waals surface area contributed by atoms with Gasteiger partial charge in [-0.25, -0.2) is 0 Å². The Morgan fingerprint density at radius 1 is 0.826 bits per heavy atom. The van der Waals surface area contributed by atoms with Gasteiger partial charge in [0.05, 0.1) is 0 Å². The second-order valence-corrected chi connectivity index (χ2v) is 21.0. The monoisotopic (exact) mass is 426 g/mol. The van der Waals surface area contributed by atoms with E-state index in [2.05, 4.69) is 32.9 Å². The minimum atomic E-state index is -2.03. The van der Waals surface area contributed by atoms with E-state index in [0.717, 1.165) is 5.56 Å². The van der Waals surface area contributed by atoms with Gasteiger partial charge < -0.3 is 0 Å². The Labute approximate surface area is 147 Å². The van der Waals surface area contributed by atoms with Gasteiger partial charge in [0.25, 0.3) is 0 Å². The third-order valence-corrected chi connectivity index (χ3v) is 20.2. The Morgan fingerprint density at radius 2 is 1.30 bits per heavy atom. The normalized spacial score (nSPS) is 12.2. The molecule has 0 saturated carbocycles. The molecule has 2 heteroatoms. The van der Waals surface area contributed by atoms with Crippen LogP contribution in [-0.4, -0.2) is 18.4 Å². The van der Waals surface area contributed by atoms with Crippen molar-refractivity contribution in [2.24, 2.45) is 0 Å². The van der Waals surface area contributed by atoms with Crippen LogP contribution in [0.3, 0.4) is 0 Å². The van der Waals surface area contributed by atoms with Crippen LogP contribution in [0.25, 0.3) is 6.08 Å². The molecule has 1 rings (SSSR count). The van der Waals surface area contributed by atoms with Crippen LogP contribution in [0.1, 0.15) is 64.9 Å². The summed E-state index contributed by atoms with van der Waals surface area (Å²) in [5, 5.41) is 0. The Bertz CT molecular complexity index is 414. The van der Waals surface area contributed by atoms with Crippen molar-refractivity contribution in [3.63, 3.8) is 0 Å². The zero-order valence-corrected chi connectivity index (χ0v) is 18.3. The molecule has 0 unspecified atom stereocenters. The Hall–Kier alpha value is -0.311. The van der Waals surface area contributed by atoms with Gasteiger partial charge in [-0.15, -0.1) is 0 Å². The zero-order valence-electron chi connectivity index (χ0n) is 15.4. The standard InChI is InChI=1S/C9H8F.3C4H9.Sn/c1-2-3-8-4-6-9(10)7-5-8;3*1-3-4-2;/h2-7H,1H2;3*1,3-4H2,2H3;/b3-2+;;;;. The van der Waals surface area contributed by atoms with Crippen LogP contribution in [0, 0.1) is 5.82 Å². The van der Waals surface area contributed by atoms with Crippen molar-refractivity contribution < 1.29 is 4.39 Å². The van der Waals surface area contributed by atoms with Crippen LogP contribution in [0.15, 0.2) is 30.3 Å². The zero-order chi connectivity index (χ0) is 17.0. The molecular formula is C21H35FSn. The predicted octanol–water partition coefficient (Wildman–Crippen LogP) is 7.69. The van der Waals surface area contributed by atoms with Gasteiger partial charge >= 0.3 is 148 Å². The van der Waals surface area contributed by atoms with Gasteiger partial charge in [0.15, 0.2) is 0 Å². The van der Waals surface area contributed by atoms with E-state index < -0.39 is 18.4 Å². The first kappa shape index (κ1) is 20.7. The van der Waals surface area contributed by atoms with Gasteiger partial charge in [0.2, 0.25) is 0 Å². The van der Waals surface area contributed by atoms with E-state index in [1.54, 1.807) is 25.4 Å². The van der Waals surface area contributed by atoms with Crippen molar-refractivity contribution in [3.8, 4) is 0 Å². The number of halogens is 1. The van der Waals surface area contributed by atoms with Crippen molar-refractivity contribution in [2.45, 2.75) is 77.0 Å². The Kier molecular flexibility index (Phi) is 10.9. The van der Waals surface area contributed by atoms with Crippen LogP contribution in [0.2, 0.25) is 17.7 Å². The number of unbranched alkanes of at least 4 members (excludes halogenated alkanes) is 3. The van der Waals surface area contributed by atoms with E-state index in [0.29, 0.717) is 0 Å². The molecule has 0 aliphatic heterocycles. The number of rotatable bonds is 12. The van der Waals surface area contributed by atoms with Crippen LogP contribution >= 0.6 is 0 Å². The van der Waals surface area contributed by atoms with Gasteiger partial charge in [-0.05, 0) is 0 Å². The van der Waals surface area contributed by atoms with Gasteiger partial charge in [0, 0.05) is 0 Å². The van der Waals surface area contributed by atoms with E-state index in [1.165, 1.54) is 43.0 Å². The molecule has 0 saturated heterocycles. The first-order valence-electron chi connectivity index (χ1n) is 9.58. The van der Waals surface area contributed by atoms with Crippen molar-refractivity contribution in [2.75, 3.05) is 0 Å². The van der Waals surface area contributed by atoms with E-state index in [-0.39, 0.29) is 5.82 Å². The Morgan fingerprint density at radius 3 is 1.74 bits per heavy atom. The molecule has 0 bridgehead atoms. The maximum absolute atomic E-state index is 13.0. The third kappa shape index (κ3) is 8.37. The summed E-state index contributed by atoms with van der Waals surface area (Å²) < 4.78 is 19.0. The number of allylic oxidation sites excluding steroid dienone is 1. The van der Waals surface area contributed by atoms with Crippen molar-refractivity contribution >= 4 is 24.5 Å². The summed E-state index contributed by atoms with van der Waals surface area (Å²) in [6, 6.07) is 6.88. The van der Waals surface area contributed by atoms with Crippen molar-refractivity contribution in [1.29, 1.82) is 0 Å². The molecule has 130 valence electrons. The summed E-state index contributed by atoms with van der Waals surface area (Å²) in [6.45, 7) is 6.97. The van der Waals surface area contributed by atoms with E-state index in [1.807, 2.05) is 12.1 Å². The van der Waals surface area contributed by atoms with E-state index in [4.69, 9.17) is 0 Å². The molecular weight excluding hydrogens is 390 g/mol. The third-order valence-electron chi connectivity index (χ3n) is 4.91. The molecule has 0 nitrogen and oxygen atoms in total. The fourth-order valence-corrected chi connectivity index (χ4v) is 18.5. The second kappa shape index (κ2) is 12.1. The molecule has 0 fully saturated rings. The molecule has 0 aliphatic rings. The first-order valence-corrected chi connectivity index (χ1v) is 17.6. The molecule has 0 heterocycles. The Balaban J connectivity index is 2.76. The van der Waals surface area contributed by atoms with Gasteiger partial charge in [0.1, 0.15) is 0 Å². The molecule has 1 aromatic rings. The van der Waals surface area contributed by atoms with Gasteiger partial charge in [-0.1, -0.05) is 0 Å². The minimum absolute atomic E-state index is 0.149. The summed E-state index contributed by atoms with van der Waals surface area (Å²) in [4.78, 5) is 0. The number of benzene rings is 1. The molecule has 0 amide bonds. The summed E-state index contributed by atoms with van der Waals surface area (Å²) in [5.41, 5.74) is 1.13. The number of hydrogen-bond donors (Lipinski definition) is 0. The molecule has 0 spiro atoms. The quantitative estimate of drug-likeness (QED) is 0.301. The first-order chi connectivity index (χ1) is 11.2. The SMILES string of the molecule is CCC[CH2][Sn]([CH2]/C=C/c1ccc(F)cc1)([CH2]CCC)[CH2]CCC. The van der Waals surface area contributed by atoms with Crippen molar-refractivity contribution in [3.05, 3.63) is 41.7 Å². The van der Waals surface area contributed by atoms with Crippen molar-refractivity contribution in [1.82, 2.24) is 0 Å². The predicted molar refractivity (Wildman–Crippen MR) is 105 cm³/mol. The molecule has 0 atom stereocenters. The van der Waals surface area contributed by atoms with Crippen LogP contribution in [0.4, 0.5) is 4.39 Å². The molecule has 1 aromatic carbocycles. The summed E-state index contributed by atoms with van der Waals surface area (Å²) in [5.74, 6) is -0.149. The number of hydrogen-bond acceptors (Lipinski definition) is 0. The fourth-order valence-electron chi connectivity index (χ4n) is 3.36. The van der Waals surface area contributed by atoms with Crippen LogP contribution < -0.4 is 0 Å². The average Bonchev–Trinajstić information content (AvgIpc) is 2.57. The molecule has 0 radical (unpaired) electrons. The van der Waals surface area contributed by atoms with E-state index >= 15 is 0 Å². The summed E-state index contributed by atoms with van der Waals surface area (Å²) in [7, 11) is 0. The topological polar surface area (TPSA) is 0 Å². The summed E-state index contributed by atoms with van der Waals surface area (Å²) >= 11 is -2.03. The van der Waals surface area contributed by atoms with E-state index in [9.17, 15) is 4.39 Å². The molecule has 0 N–H and O–H groups in total. The second-order valence-electron chi connectivity index (χ2n) is 6.97. The molecule has 23 heavy (non-hydrogen) atoms. The summed E-state index contributed by atoms with van der Waals surface area (Å²) in [6.07, 6.45) is 12.9. The fraction of sp³-hybridized carbons (Fsp3) is 0.619. The van der Waals surface area contributed by atoms with Crippen LogP contribution in [0.5, 0.6) is 0 Å². The van der Waals surface area contributed by atoms with Crippen LogP contribution in [-0.2, 0) is 0 Å². The molecule has 0 aromatic heterocycles. The average molecular weight is 425 g/mol. The molecule has 0 aliphatic carbocycles. The van der Waals surface area contributed by atoms with Gasteiger partial charge in [-0.3, -0.25) is 0 Å². The maximum atomic E-state index is 13.0. The van der Waals surface area contributed by atoms with Gasteiger partial charge in [-0.2, -0.15) is 0 Å².